The molecule has 0 aromatic heterocycles. The molecular formula is C24H22Cl2N2Pd2. The van der Waals surface area contributed by atoms with E-state index in [0.29, 0.717) is 0 Å². The van der Waals surface area contributed by atoms with Crippen molar-refractivity contribution in [3.05, 3.63) is 109 Å². The van der Waals surface area contributed by atoms with Gasteiger partial charge in [-0.1, -0.05) is 84.9 Å². The first-order valence-electron chi connectivity index (χ1n) is 8.39. The number of nitrogens with two attached hydrogens (primary N) is 2. The second-order valence-corrected chi connectivity index (χ2v) is 5.73. The van der Waals surface area contributed by atoms with Gasteiger partial charge in [0, 0.05) is 63.3 Å². The topological polar surface area (TPSA) is 52.0 Å². The van der Waals surface area contributed by atoms with Crippen molar-refractivity contribution in [3.63, 3.8) is 0 Å². The van der Waals surface area contributed by atoms with E-state index in [2.05, 4.69) is 12.1 Å². The van der Waals surface area contributed by atoms with Crippen molar-refractivity contribution >= 4 is 36.2 Å². The number of hydrogen-bond donors (Lipinski definition) is 2. The molecule has 0 aliphatic rings. The summed E-state index contributed by atoms with van der Waals surface area (Å²) in [5, 5.41) is 0. The standard InChI is InChI=1S/2C12H10N.2ClH.2Pd/c2*13-12-9-5-4-8-11(12)10-6-2-1-3-7-10;;;;/h2*1-6,8-9H,13H2;2*1H;;. The first kappa shape index (κ1) is 30.6. The van der Waals surface area contributed by atoms with Gasteiger partial charge in [0.2, 0.25) is 0 Å². The molecule has 0 aliphatic carbocycles. The van der Waals surface area contributed by atoms with Crippen LogP contribution in [-0.4, -0.2) is 0 Å². The molecule has 0 aliphatic heterocycles. The van der Waals surface area contributed by atoms with E-state index in [-0.39, 0.29) is 65.7 Å². The minimum atomic E-state index is 0. The van der Waals surface area contributed by atoms with Gasteiger partial charge in [0.05, 0.1) is 0 Å². The molecule has 0 heterocycles. The van der Waals surface area contributed by atoms with Crippen LogP contribution in [0.3, 0.4) is 0 Å². The maximum absolute atomic E-state index is 5.83. The molecule has 4 rings (SSSR count). The smallest absolute Gasteiger partial charge is 0.0393 e. The third kappa shape index (κ3) is 8.63. The van der Waals surface area contributed by atoms with Crippen LogP contribution < -0.4 is 11.5 Å². The van der Waals surface area contributed by atoms with Gasteiger partial charge in [-0.15, -0.1) is 24.8 Å². The Hall–Kier alpha value is -1.62. The van der Waals surface area contributed by atoms with Crippen LogP contribution in [0.25, 0.3) is 22.3 Å². The van der Waals surface area contributed by atoms with E-state index in [1.54, 1.807) is 0 Å². The van der Waals surface area contributed by atoms with E-state index >= 15 is 0 Å². The second kappa shape index (κ2) is 16.1. The fourth-order valence-corrected chi connectivity index (χ4v) is 2.61. The molecule has 0 saturated heterocycles. The number of anilines is 2. The maximum atomic E-state index is 5.83. The third-order valence-electron chi connectivity index (χ3n) is 3.92. The monoisotopic (exact) mass is 620 g/mol. The van der Waals surface area contributed by atoms with Crippen LogP contribution in [-0.2, 0) is 40.8 Å². The molecule has 0 unspecified atom stereocenters. The van der Waals surface area contributed by atoms with Crippen LogP contribution in [0, 0.1) is 12.1 Å². The summed E-state index contributed by atoms with van der Waals surface area (Å²) in [6, 6.07) is 37.6. The van der Waals surface area contributed by atoms with Crippen LogP contribution in [0.2, 0.25) is 0 Å². The van der Waals surface area contributed by atoms with Crippen molar-refractivity contribution < 1.29 is 40.8 Å². The summed E-state index contributed by atoms with van der Waals surface area (Å²) in [5.41, 5.74) is 17.4. The Morgan fingerprint density at radius 2 is 0.800 bits per heavy atom. The molecular weight excluding hydrogens is 600 g/mol. The molecule has 0 amide bonds. The van der Waals surface area contributed by atoms with Crippen molar-refractivity contribution in [2.45, 2.75) is 0 Å². The quantitative estimate of drug-likeness (QED) is 0.204. The zero-order valence-electron chi connectivity index (χ0n) is 15.8. The van der Waals surface area contributed by atoms with Crippen LogP contribution in [0.4, 0.5) is 11.4 Å². The van der Waals surface area contributed by atoms with E-state index in [1.165, 1.54) is 0 Å². The third-order valence-corrected chi connectivity index (χ3v) is 3.92. The van der Waals surface area contributed by atoms with E-state index in [4.69, 9.17) is 11.5 Å². The number of benzene rings is 4. The minimum Gasteiger partial charge on any atom is -0.398 e. The summed E-state index contributed by atoms with van der Waals surface area (Å²) in [5.74, 6) is 0. The molecule has 6 heteroatoms. The van der Waals surface area contributed by atoms with Gasteiger partial charge in [0.1, 0.15) is 0 Å². The van der Waals surface area contributed by atoms with Gasteiger partial charge in [-0.2, -0.15) is 0 Å². The van der Waals surface area contributed by atoms with E-state index in [1.807, 2.05) is 97.1 Å². The van der Waals surface area contributed by atoms with Crippen molar-refractivity contribution in [1.82, 2.24) is 0 Å². The van der Waals surface area contributed by atoms with Gasteiger partial charge in [-0.3, -0.25) is 0 Å². The van der Waals surface area contributed by atoms with E-state index in [9.17, 15) is 0 Å². The molecule has 2 nitrogen and oxygen atoms in total. The summed E-state index contributed by atoms with van der Waals surface area (Å²) >= 11 is 0. The van der Waals surface area contributed by atoms with Crippen LogP contribution in [0.1, 0.15) is 0 Å². The molecule has 4 aromatic carbocycles. The molecule has 30 heavy (non-hydrogen) atoms. The van der Waals surface area contributed by atoms with Gasteiger partial charge in [-0.25, -0.2) is 0 Å². The fraction of sp³-hybridized carbons (Fsp3) is 0. The van der Waals surface area contributed by atoms with Gasteiger partial charge >= 0.3 is 0 Å². The maximum Gasteiger partial charge on any atom is 0.0393 e. The molecule has 0 saturated carbocycles. The molecule has 4 aromatic rings. The van der Waals surface area contributed by atoms with Crippen molar-refractivity contribution in [2.24, 2.45) is 0 Å². The Bertz CT molecular complexity index is 888. The van der Waals surface area contributed by atoms with Crippen molar-refractivity contribution in [2.75, 3.05) is 11.5 Å². The zero-order chi connectivity index (χ0) is 18.2. The molecule has 162 valence electrons. The Kier molecular flexibility index (Phi) is 16.4. The number of halogens is 2. The number of hydrogen-bond acceptors (Lipinski definition) is 2. The zero-order valence-corrected chi connectivity index (χ0v) is 20.6. The summed E-state index contributed by atoms with van der Waals surface area (Å²) in [4.78, 5) is 0. The van der Waals surface area contributed by atoms with Crippen LogP contribution in [0.5, 0.6) is 0 Å². The fourth-order valence-electron chi connectivity index (χ4n) is 2.61. The van der Waals surface area contributed by atoms with E-state index < -0.39 is 0 Å². The molecule has 0 bridgehead atoms. The predicted molar refractivity (Wildman–Crippen MR) is 125 cm³/mol. The normalized spacial score (nSPS) is 8.53. The second-order valence-electron chi connectivity index (χ2n) is 5.73. The minimum absolute atomic E-state index is 0. The van der Waals surface area contributed by atoms with Crippen molar-refractivity contribution in [3.8, 4) is 22.3 Å². The average Bonchev–Trinajstić information content (AvgIpc) is 2.71. The first-order chi connectivity index (χ1) is 12.8. The van der Waals surface area contributed by atoms with Gasteiger partial charge < -0.3 is 11.5 Å². The summed E-state index contributed by atoms with van der Waals surface area (Å²) in [7, 11) is 0. The van der Waals surface area contributed by atoms with Crippen molar-refractivity contribution in [1.29, 1.82) is 0 Å². The number of nitrogen functional groups attached to an aromatic ring is 2. The summed E-state index contributed by atoms with van der Waals surface area (Å²) in [6.07, 6.45) is 0. The largest absolute Gasteiger partial charge is 0.398 e. The molecule has 0 fully saturated rings. The Morgan fingerprint density at radius 3 is 1.10 bits per heavy atom. The Labute approximate surface area is 218 Å². The SMILES string of the molecule is Cl.Cl.Nc1ccccc1-c1[c]cccc1.Nc1ccccc1-c1[c]cccc1.[Pd].[Pd]. The molecule has 0 atom stereocenters. The molecule has 4 N–H and O–H groups in total. The van der Waals surface area contributed by atoms with Gasteiger partial charge in [0.15, 0.2) is 0 Å². The van der Waals surface area contributed by atoms with Crippen LogP contribution in [0.15, 0.2) is 97.1 Å². The van der Waals surface area contributed by atoms with Gasteiger partial charge in [-0.05, 0) is 35.4 Å². The number of para-hydroxylation sites is 2. The molecule has 2 radical (unpaired) electrons. The van der Waals surface area contributed by atoms with Gasteiger partial charge in [0.25, 0.3) is 0 Å². The number of rotatable bonds is 2. The average molecular weight is 622 g/mol. The van der Waals surface area contributed by atoms with Crippen LogP contribution >= 0.6 is 24.8 Å². The summed E-state index contributed by atoms with van der Waals surface area (Å²) < 4.78 is 0. The first-order valence-corrected chi connectivity index (χ1v) is 8.39. The molecule has 0 spiro atoms. The predicted octanol–water partition coefficient (Wildman–Crippen LogP) is 6.31. The van der Waals surface area contributed by atoms with E-state index in [0.717, 1.165) is 33.6 Å². The Balaban J connectivity index is 0. The Morgan fingerprint density at radius 1 is 0.467 bits per heavy atom. The summed E-state index contributed by atoms with van der Waals surface area (Å²) in [6.45, 7) is 0.